The average Bonchev–Trinajstić information content (AvgIpc) is 2.57. The second kappa shape index (κ2) is 7.70. The van der Waals surface area contributed by atoms with Crippen molar-refractivity contribution in [1.82, 2.24) is 5.32 Å². The van der Waals surface area contributed by atoms with Gasteiger partial charge in [0.15, 0.2) is 0 Å². The van der Waals surface area contributed by atoms with E-state index < -0.39 is 6.10 Å². The first-order chi connectivity index (χ1) is 12.0. The molecule has 2 atom stereocenters. The first kappa shape index (κ1) is 17.5. The van der Waals surface area contributed by atoms with Crippen LogP contribution >= 0.6 is 0 Å². The number of benzene rings is 2. The van der Waals surface area contributed by atoms with Crippen LogP contribution < -0.4 is 10.1 Å². The summed E-state index contributed by atoms with van der Waals surface area (Å²) in [5.41, 5.74) is 3.12. The highest BCUT2D eigenvalue weighted by molar-refractivity contribution is 5.79. The Morgan fingerprint density at radius 3 is 2.84 bits per heavy atom. The SMILES string of the molecule is CC(C)Oc1cccc(CC(=O)N[C@H]2c3ccccc3CC[C@H]2O)c1. The van der Waals surface area contributed by atoms with Crippen molar-refractivity contribution < 1.29 is 14.6 Å². The number of aliphatic hydroxyl groups excluding tert-OH is 1. The maximum atomic E-state index is 12.5. The topological polar surface area (TPSA) is 58.6 Å². The van der Waals surface area contributed by atoms with Gasteiger partial charge >= 0.3 is 0 Å². The number of carbonyl (C=O) groups excluding carboxylic acids is 1. The summed E-state index contributed by atoms with van der Waals surface area (Å²) in [6.45, 7) is 3.95. The zero-order valence-corrected chi connectivity index (χ0v) is 14.7. The molecule has 0 aromatic heterocycles. The molecule has 1 amide bonds. The zero-order valence-electron chi connectivity index (χ0n) is 14.7. The lowest BCUT2D eigenvalue weighted by Gasteiger charge is -2.31. The Kier molecular flexibility index (Phi) is 5.39. The summed E-state index contributed by atoms with van der Waals surface area (Å²) < 4.78 is 5.68. The summed E-state index contributed by atoms with van der Waals surface area (Å²) in [6.07, 6.45) is 1.32. The van der Waals surface area contributed by atoms with E-state index in [9.17, 15) is 9.90 Å². The van der Waals surface area contributed by atoms with E-state index in [4.69, 9.17) is 4.74 Å². The predicted octanol–water partition coefficient (Wildman–Crippen LogP) is 3.18. The monoisotopic (exact) mass is 339 g/mol. The van der Waals surface area contributed by atoms with Crippen LogP contribution in [0, 0.1) is 0 Å². The largest absolute Gasteiger partial charge is 0.491 e. The number of rotatable bonds is 5. The van der Waals surface area contributed by atoms with E-state index in [0.29, 0.717) is 6.42 Å². The Labute approximate surface area is 148 Å². The Morgan fingerprint density at radius 1 is 1.24 bits per heavy atom. The van der Waals surface area contributed by atoms with E-state index in [0.717, 1.165) is 23.3 Å². The molecule has 1 aliphatic carbocycles. The minimum absolute atomic E-state index is 0.0950. The highest BCUT2D eigenvalue weighted by Crippen LogP contribution is 2.30. The molecule has 0 heterocycles. The molecule has 0 bridgehead atoms. The van der Waals surface area contributed by atoms with Crippen LogP contribution in [0.15, 0.2) is 48.5 Å². The molecular formula is C21H25NO3. The maximum absolute atomic E-state index is 12.5. The molecule has 4 heteroatoms. The number of hydrogen-bond donors (Lipinski definition) is 2. The molecule has 0 spiro atoms. The summed E-state index contributed by atoms with van der Waals surface area (Å²) in [7, 11) is 0. The van der Waals surface area contributed by atoms with Crippen LogP contribution in [-0.2, 0) is 17.6 Å². The Balaban J connectivity index is 1.69. The molecule has 0 aliphatic heterocycles. The molecule has 0 saturated heterocycles. The summed E-state index contributed by atoms with van der Waals surface area (Å²) in [5.74, 6) is 0.672. The van der Waals surface area contributed by atoms with Crippen molar-refractivity contribution in [2.24, 2.45) is 0 Å². The number of nitrogens with one attached hydrogen (secondary N) is 1. The van der Waals surface area contributed by atoms with Gasteiger partial charge in [0.25, 0.3) is 0 Å². The van der Waals surface area contributed by atoms with Gasteiger partial charge in [-0.1, -0.05) is 36.4 Å². The Morgan fingerprint density at radius 2 is 2.04 bits per heavy atom. The van der Waals surface area contributed by atoms with E-state index in [1.807, 2.05) is 56.3 Å². The number of amides is 1. The Hall–Kier alpha value is -2.33. The predicted molar refractivity (Wildman–Crippen MR) is 97.6 cm³/mol. The molecule has 0 unspecified atom stereocenters. The summed E-state index contributed by atoms with van der Waals surface area (Å²) in [6, 6.07) is 15.2. The minimum Gasteiger partial charge on any atom is -0.491 e. The number of hydrogen-bond acceptors (Lipinski definition) is 3. The van der Waals surface area contributed by atoms with E-state index in [-0.39, 0.29) is 24.5 Å². The lowest BCUT2D eigenvalue weighted by molar-refractivity contribution is -0.122. The molecule has 0 fully saturated rings. The van der Waals surface area contributed by atoms with Crippen LogP contribution in [0.1, 0.15) is 43.0 Å². The molecule has 132 valence electrons. The number of fused-ring (bicyclic) bond motifs is 1. The average molecular weight is 339 g/mol. The van der Waals surface area contributed by atoms with Crippen LogP contribution in [0.2, 0.25) is 0 Å². The van der Waals surface area contributed by atoms with Gasteiger partial charge in [-0.25, -0.2) is 0 Å². The maximum Gasteiger partial charge on any atom is 0.224 e. The first-order valence-electron chi connectivity index (χ1n) is 8.84. The van der Waals surface area contributed by atoms with E-state index >= 15 is 0 Å². The molecule has 3 rings (SSSR count). The fraction of sp³-hybridized carbons (Fsp3) is 0.381. The molecule has 2 aromatic rings. The van der Waals surface area contributed by atoms with Gasteiger partial charge in [-0.2, -0.15) is 0 Å². The van der Waals surface area contributed by atoms with E-state index in [1.54, 1.807) is 0 Å². The zero-order chi connectivity index (χ0) is 17.8. The third-order valence-electron chi connectivity index (χ3n) is 4.44. The second-order valence-corrected chi connectivity index (χ2v) is 6.84. The molecule has 0 saturated carbocycles. The van der Waals surface area contributed by atoms with Crippen LogP contribution in [0.25, 0.3) is 0 Å². The standard InChI is InChI=1S/C21H25NO3/c1-14(2)25-17-8-5-6-15(12-17)13-20(24)22-21-18-9-4-3-7-16(18)10-11-19(21)23/h3-9,12,14,19,21,23H,10-11,13H2,1-2H3,(H,22,24)/t19-,21+/m1/s1. The van der Waals surface area contributed by atoms with Crippen LogP contribution in [0.4, 0.5) is 0 Å². The molecule has 0 radical (unpaired) electrons. The second-order valence-electron chi connectivity index (χ2n) is 6.84. The fourth-order valence-corrected chi connectivity index (χ4v) is 3.33. The minimum atomic E-state index is -0.547. The molecule has 1 aliphatic rings. The molecule has 25 heavy (non-hydrogen) atoms. The van der Waals surface area contributed by atoms with E-state index in [1.165, 1.54) is 5.56 Å². The quantitative estimate of drug-likeness (QED) is 0.880. The number of aryl methyl sites for hydroxylation is 1. The van der Waals surface area contributed by atoms with Crippen molar-refractivity contribution in [2.45, 2.75) is 51.4 Å². The normalized spacial score (nSPS) is 19.4. The van der Waals surface area contributed by atoms with Gasteiger partial charge < -0.3 is 15.2 Å². The van der Waals surface area contributed by atoms with Crippen molar-refractivity contribution in [3.05, 3.63) is 65.2 Å². The highest BCUT2D eigenvalue weighted by Gasteiger charge is 2.29. The third kappa shape index (κ3) is 4.40. The summed E-state index contributed by atoms with van der Waals surface area (Å²) in [4.78, 5) is 12.5. The number of aliphatic hydroxyl groups is 1. The lowest BCUT2D eigenvalue weighted by atomic mass is 9.85. The fourth-order valence-electron chi connectivity index (χ4n) is 3.33. The molecule has 2 N–H and O–H groups in total. The summed E-state index contributed by atoms with van der Waals surface area (Å²) >= 11 is 0. The van der Waals surface area contributed by atoms with Crippen LogP contribution in [-0.4, -0.2) is 23.2 Å². The van der Waals surface area contributed by atoms with Crippen LogP contribution in [0.3, 0.4) is 0 Å². The van der Waals surface area contributed by atoms with Gasteiger partial charge in [-0.15, -0.1) is 0 Å². The van der Waals surface area contributed by atoms with Gasteiger partial charge in [0.1, 0.15) is 5.75 Å². The highest BCUT2D eigenvalue weighted by atomic mass is 16.5. The lowest BCUT2D eigenvalue weighted by Crippen LogP contribution is -2.39. The van der Waals surface area contributed by atoms with Crippen molar-refractivity contribution in [3.8, 4) is 5.75 Å². The number of ether oxygens (including phenoxy) is 1. The van der Waals surface area contributed by atoms with Gasteiger partial charge in [0.05, 0.1) is 24.7 Å². The van der Waals surface area contributed by atoms with Gasteiger partial charge in [0.2, 0.25) is 5.91 Å². The van der Waals surface area contributed by atoms with Crippen molar-refractivity contribution >= 4 is 5.91 Å². The molecule has 4 nitrogen and oxygen atoms in total. The first-order valence-corrected chi connectivity index (χ1v) is 8.84. The van der Waals surface area contributed by atoms with Crippen molar-refractivity contribution in [2.75, 3.05) is 0 Å². The Bertz CT molecular complexity index is 741. The van der Waals surface area contributed by atoms with Gasteiger partial charge in [0, 0.05) is 0 Å². The van der Waals surface area contributed by atoms with Crippen LogP contribution in [0.5, 0.6) is 5.75 Å². The molecular weight excluding hydrogens is 314 g/mol. The molecule has 2 aromatic carbocycles. The van der Waals surface area contributed by atoms with Gasteiger partial charge in [-0.3, -0.25) is 4.79 Å². The smallest absolute Gasteiger partial charge is 0.224 e. The van der Waals surface area contributed by atoms with Crippen molar-refractivity contribution in [3.63, 3.8) is 0 Å². The summed E-state index contributed by atoms with van der Waals surface area (Å²) in [5, 5.41) is 13.3. The van der Waals surface area contributed by atoms with Gasteiger partial charge in [-0.05, 0) is 55.5 Å². The number of carbonyl (C=O) groups is 1. The third-order valence-corrected chi connectivity index (χ3v) is 4.44. The van der Waals surface area contributed by atoms with Crippen molar-refractivity contribution in [1.29, 1.82) is 0 Å². The van der Waals surface area contributed by atoms with E-state index in [2.05, 4.69) is 11.4 Å².